The summed E-state index contributed by atoms with van der Waals surface area (Å²) in [5.41, 5.74) is 3.80. The van der Waals surface area contributed by atoms with Gasteiger partial charge in [-0.1, -0.05) is 12.1 Å². The average molecular weight is 519 g/mol. The van der Waals surface area contributed by atoms with Crippen molar-refractivity contribution in [2.75, 3.05) is 19.7 Å². The number of benzene rings is 1. The summed E-state index contributed by atoms with van der Waals surface area (Å²) in [4.78, 5) is 43.2. The van der Waals surface area contributed by atoms with Crippen molar-refractivity contribution < 1.29 is 23.9 Å². The van der Waals surface area contributed by atoms with Gasteiger partial charge in [-0.05, 0) is 94.0 Å². The minimum absolute atomic E-state index is 0.0424. The van der Waals surface area contributed by atoms with Crippen LogP contribution in [0.1, 0.15) is 76.8 Å². The van der Waals surface area contributed by atoms with E-state index in [0.717, 1.165) is 67.2 Å². The Morgan fingerprint density at radius 3 is 2.61 bits per heavy atom. The standard InChI is InChI=1S/C31H38N2O5/c1-31(2,3)38-30(36)33-16-14-20(15-17-33)5-4-18-37-28-13-11-25-26(32-28)12-7-21-6-9-24(29(21)25)23-10-8-22(34)19-27(23)35/h7,9,11-13,20,23H,4-6,8,10,14-19H2,1-3H3/t23-/m0/s1. The number of amides is 1. The molecule has 1 amide bonds. The fourth-order valence-electron chi connectivity index (χ4n) is 5.94. The zero-order chi connectivity index (χ0) is 26.9. The lowest BCUT2D eigenvalue weighted by Gasteiger charge is -2.33. The predicted octanol–water partition coefficient (Wildman–Crippen LogP) is 5.92. The molecule has 1 saturated heterocycles. The smallest absolute Gasteiger partial charge is 0.410 e. The highest BCUT2D eigenvalue weighted by Crippen LogP contribution is 2.41. The quantitative estimate of drug-likeness (QED) is 0.349. The molecular weight excluding hydrogens is 480 g/mol. The first-order chi connectivity index (χ1) is 18.2. The number of nitrogens with zero attached hydrogens (tertiary/aromatic N) is 2. The summed E-state index contributed by atoms with van der Waals surface area (Å²) in [6.07, 6.45) is 7.89. The number of carbonyl (C=O) groups excluding carboxylic acids is 3. The molecule has 38 heavy (non-hydrogen) atoms. The predicted molar refractivity (Wildman–Crippen MR) is 146 cm³/mol. The van der Waals surface area contributed by atoms with E-state index in [0.29, 0.717) is 31.2 Å². The Morgan fingerprint density at radius 2 is 1.87 bits per heavy atom. The molecule has 5 rings (SSSR count). The molecule has 0 radical (unpaired) electrons. The van der Waals surface area contributed by atoms with E-state index >= 15 is 0 Å². The lowest BCUT2D eigenvalue weighted by Crippen LogP contribution is -2.41. The molecule has 0 spiro atoms. The van der Waals surface area contributed by atoms with Gasteiger partial charge in [0, 0.05) is 36.9 Å². The maximum atomic E-state index is 12.6. The molecule has 0 unspecified atom stereocenters. The summed E-state index contributed by atoms with van der Waals surface area (Å²) in [5.74, 6) is 1.11. The van der Waals surface area contributed by atoms with E-state index in [2.05, 4.69) is 18.2 Å². The minimum Gasteiger partial charge on any atom is -0.478 e. The molecule has 0 N–H and O–H groups in total. The van der Waals surface area contributed by atoms with Crippen molar-refractivity contribution in [3.05, 3.63) is 41.5 Å². The second-order valence-electron chi connectivity index (χ2n) is 11.9. The third kappa shape index (κ3) is 5.92. The van der Waals surface area contributed by atoms with Crippen LogP contribution in [-0.4, -0.2) is 52.8 Å². The molecule has 1 aromatic heterocycles. The monoisotopic (exact) mass is 518 g/mol. The first-order valence-corrected chi connectivity index (χ1v) is 14.0. The number of Topliss-reactive ketones (excluding diaryl/α,β-unsaturated/α-hetero) is 2. The SMILES string of the molecule is CC(C)(C)OC(=O)N1CCC(CCCOc2ccc3c4c(ccc3n2)CC=C4[C@@H]2CCC(=O)CC2=O)CC1. The van der Waals surface area contributed by atoms with Crippen LogP contribution < -0.4 is 4.74 Å². The van der Waals surface area contributed by atoms with Gasteiger partial charge in [0.1, 0.15) is 17.2 Å². The van der Waals surface area contributed by atoms with E-state index in [4.69, 9.17) is 14.5 Å². The second-order valence-corrected chi connectivity index (χ2v) is 11.9. The Morgan fingerprint density at radius 1 is 1.08 bits per heavy atom. The molecule has 2 aromatic rings. The van der Waals surface area contributed by atoms with Gasteiger partial charge in [-0.3, -0.25) is 9.59 Å². The molecule has 3 aliphatic rings. The highest BCUT2D eigenvalue weighted by Gasteiger charge is 2.33. The van der Waals surface area contributed by atoms with Crippen molar-refractivity contribution in [3.8, 4) is 5.88 Å². The summed E-state index contributed by atoms with van der Waals surface area (Å²) >= 11 is 0. The Balaban J connectivity index is 1.14. The van der Waals surface area contributed by atoms with Gasteiger partial charge < -0.3 is 14.4 Å². The average Bonchev–Trinajstić information content (AvgIpc) is 3.30. The molecule has 7 heteroatoms. The number of pyridine rings is 1. The maximum Gasteiger partial charge on any atom is 0.410 e. The largest absolute Gasteiger partial charge is 0.478 e. The van der Waals surface area contributed by atoms with E-state index in [9.17, 15) is 14.4 Å². The zero-order valence-electron chi connectivity index (χ0n) is 22.8. The topological polar surface area (TPSA) is 85.8 Å². The second kappa shape index (κ2) is 10.9. The number of hydrogen-bond acceptors (Lipinski definition) is 6. The molecule has 0 bridgehead atoms. The van der Waals surface area contributed by atoms with Gasteiger partial charge in [-0.25, -0.2) is 9.78 Å². The first kappa shape index (κ1) is 26.4. The number of ether oxygens (including phenoxy) is 2. The summed E-state index contributed by atoms with van der Waals surface area (Å²) in [6, 6.07) is 8.10. The third-order valence-electron chi connectivity index (χ3n) is 7.88. The highest BCUT2D eigenvalue weighted by molar-refractivity contribution is 6.09. The number of likely N-dealkylation sites (tertiary alicyclic amines) is 1. The number of piperidine rings is 1. The summed E-state index contributed by atoms with van der Waals surface area (Å²) in [5, 5.41) is 1.04. The number of hydrogen-bond donors (Lipinski definition) is 0. The van der Waals surface area contributed by atoms with E-state index in [1.807, 2.05) is 37.8 Å². The van der Waals surface area contributed by atoms with Crippen molar-refractivity contribution >= 4 is 34.1 Å². The first-order valence-electron chi connectivity index (χ1n) is 14.0. The molecule has 2 heterocycles. The van der Waals surface area contributed by atoms with E-state index in [-0.39, 0.29) is 30.0 Å². The summed E-state index contributed by atoms with van der Waals surface area (Å²) in [6.45, 7) is 7.78. The molecule has 1 saturated carbocycles. The van der Waals surface area contributed by atoms with Crippen LogP contribution in [0.4, 0.5) is 4.79 Å². The zero-order valence-corrected chi connectivity index (χ0v) is 22.8. The Kier molecular flexibility index (Phi) is 7.55. The van der Waals surface area contributed by atoms with Crippen LogP contribution in [0.5, 0.6) is 5.88 Å². The van der Waals surface area contributed by atoms with Gasteiger partial charge in [0.15, 0.2) is 0 Å². The fourth-order valence-corrected chi connectivity index (χ4v) is 5.94. The van der Waals surface area contributed by atoms with Gasteiger partial charge in [0.25, 0.3) is 0 Å². The molecule has 7 nitrogen and oxygen atoms in total. The lowest BCUT2D eigenvalue weighted by molar-refractivity contribution is -0.131. The van der Waals surface area contributed by atoms with E-state index in [1.165, 1.54) is 5.56 Å². The van der Waals surface area contributed by atoms with E-state index < -0.39 is 5.60 Å². The number of fused-ring (bicyclic) bond motifs is 3. The third-order valence-corrected chi connectivity index (χ3v) is 7.88. The summed E-state index contributed by atoms with van der Waals surface area (Å²) in [7, 11) is 0. The number of allylic oxidation sites excluding steroid dienone is 2. The Hall–Kier alpha value is -3.22. The fraction of sp³-hybridized carbons (Fsp3) is 0.548. The van der Waals surface area contributed by atoms with Gasteiger partial charge in [0.2, 0.25) is 5.88 Å². The normalized spacial score (nSPS) is 20.4. The molecule has 1 aliphatic heterocycles. The molecular formula is C31H38N2O5. The Labute approximate surface area is 224 Å². The Bertz CT molecular complexity index is 1270. The number of carbonyl (C=O) groups is 3. The molecule has 2 aliphatic carbocycles. The van der Waals surface area contributed by atoms with Crippen molar-refractivity contribution in [1.82, 2.24) is 9.88 Å². The molecule has 1 aromatic carbocycles. The number of rotatable bonds is 6. The number of aromatic nitrogens is 1. The maximum absolute atomic E-state index is 12.6. The van der Waals surface area contributed by atoms with Gasteiger partial charge >= 0.3 is 6.09 Å². The van der Waals surface area contributed by atoms with Crippen LogP contribution >= 0.6 is 0 Å². The molecule has 2 fully saturated rings. The molecule has 202 valence electrons. The van der Waals surface area contributed by atoms with Crippen LogP contribution in [0.2, 0.25) is 0 Å². The van der Waals surface area contributed by atoms with Gasteiger partial charge in [-0.15, -0.1) is 0 Å². The van der Waals surface area contributed by atoms with Crippen molar-refractivity contribution in [3.63, 3.8) is 0 Å². The lowest BCUT2D eigenvalue weighted by atomic mass is 9.79. The van der Waals surface area contributed by atoms with Crippen molar-refractivity contribution in [1.29, 1.82) is 0 Å². The van der Waals surface area contributed by atoms with Crippen LogP contribution in [0, 0.1) is 11.8 Å². The van der Waals surface area contributed by atoms with Crippen LogP contribution in [0.25, 0.3) is 16.5 Å². The van der Waals surface area contributed by atoms with Crippen LogP contribution in [0.3, 0.4) is 0 Å². The summed E-state index contributed by atoms with van der Waals surface area (Å²) < 4.78 is 11.5. The van der Waals surface area contributed by atoms with Crippen molar-refractivity contribution in [2.45, 2.75) is 77.7 Å². The van der Waals surface area contributed by atoms with Crippen LogP contribution in [-0.2, 0) is 20.7 Å². The van der Waals surface area contributed by atoms with Crippen LogP contribution in [0.15, 0.2) is 30.3 Å². The highest BCUT2D eigenvalue weighted by atomic mass is 16.6. The molecule has 1 atom stereocenters. The van der Waals surface area contributed by atoms with Gasteiger partial charge in [0.05, 0.1) is 18.5 Å². The van der Waals surface area contributed by atoms with Gasteiger partial charge in [-0.2, -0.15) is 0 Å². The van der Waals surface area contributed by atoms with Crippen molar-refractivity contribution in [2.24, 2.45) is 11.8 Å². The number of ketones is 2. The van der Waals surface area contributed by atoms with E-state index in [1.54, 1.807) is 0 Å². The minimum atomic E-state index is -0.461.